The van der Waals surface area contributed by atoms with Crippen LogP contribution in [-0.4, -0.2) is 11.1 Å². The standard InChI is InChI=1S/C12H14O3/c1-9(10(2)13)12(14)15-8-11-6-4-3-5-7-11/h3-7,13H,8H2,1-2H3/b10-9-. The molecule has 0 fully saturated rings. The number of benzene rings is 1. The van der Waals surface area contributed by atoms with Gasteiger partial charge >= 0.3 is 5.97 Å². The minimum atomic E-state index is -0.487. The lowest BCUT2D eigenvalue weighted by Gasteiger charge is -2.05. The molecule has 15 heavy (non-hydrogen) atoms. The molecule has 1 aromatic carbocycles. The van der Waals surface area contributed by atoms with Gasteiger partial charge in [0.2, 0.25) is 0 Å². The van der Waals surface area contributed by atoms with Crippen molar-refractivity contribution in [1.29, 1.82) is 0 Å². The second kappa shape index (κ2) is 5.20. The summed E-state index contributed by atoms with van der Waals surface area (Å²) in [5, 5.41) is 9.07. The molecule has 0 spiro atoms. The first-order chi connectivity index (χ1) is 7.11. The van der Waals surface area contributed by atoms with Gasteiger partial charge in [-0.15, -0.1) is 0 Å². The number of aliphatic hydroxyl groups excluding tert-OH is 1. The predicted octanol–water partition coefficient (Wildman–Crippen LogP) is 2.58. The number of esters is 1. The molecule has 0 aromatic heterocycles. The summed E-state index contributed by atoms with van der Waals surface area (Å²) in [6.45, 7) is 3.21. The van der Waals surface area contributed by atoms with Gasteiger partial charge in [-0.2, -0.15) is 0 Å². The summed E-state index contributed by atoms with van der Waals surface area (Å²) in [7, 11) is 0. The molecule has 1 N–H and O–H groups in total. The summed E-state index contributed by atoms with van der Waals surface area (Å²) in [5.74, 6) is -0.494. The first-order valence-electron chi connectivity index (χ1n) is 4.68. The van der Waals surface area contributed by atoms with E-state index in [1.807, 2.05) is 30.3 Å². The Morgan fingerprint density at radius 2 is 1.87 bits per heavy atom. The van der Waals surface area contributed by atoms with Crippen molar-refractivity contribution in [2.75, 3.05) is 0 Å². The zero-order valence-corrected chi connectivity index (χ0v) is 8.86. The Hall–Kier alpha value is -1.77. The second-order valence-electron chi connectivity index (χ2n) is 3.27. The van der Waals surface area contributed by atoms with E-state index >= 15 is 0 Å². The van der Waals surface area contributed by atoms with Crippen molar-refractivity contribution in [3.63, 3.8) is 0 Å². The molecule has 0 aliphatic carbocycles. The van der Waals surface area contributed by atoms with Crippen LogP contribution in [-0.2, 0) is 16.1 Å². The number of hydrogen-bond acceptors (Lipinski definition) is 3. The van der Waals surface area contributed by atoms with E-state index in [2.05, 4.69) is 0 Å². The fraction of sp³-hybridized carbons (Fsp3) is 0.250. The van der Waals surface area contributed by atoms with Crippen LogP contribution in [0.3, 0.4) is 0 Å². The minimum absolute atomic E-state index is 0.00642. The molecular weight excluding hydrogens is 192 g/mol. The Labute approximate surface area is 89.0 Å². The Morgan fingerprint density at radius 3 is 2.40 bits per heavy atom. The average Bonchev–Trinajstić information content (AvgIpc) is 2.26. The summed E-state index contributed by atoms with van der Waals surface area (Å²) >= 11 is 0. The van der Waals surface area contributed by atoms with Crippen LogP contribution in [0.4, 0.5) is 0 Å². The highest BCUT2D eigenvalue weighted by molar-refractivity contribution is 5.88. The van der Waals surface area contributed by atoms with Crippen LogP contribution in [0.5, 0.6) is 0 Å². The highest BCUT2D eigenvalue weighted by atomic mass is 16.5. The largest absolute Gasteiger partial charge is 0.512 e. The van der Waals surface area contributed by atoms with Crippen molar-refractivity contribution in [1.82, 2.24) is 0 Å². The number of rotatable bonds is 3. The highest BCUT2D eigenvalue weighted by Gasteiger charge is 2.08. The van der Waals surface area contributed by atoms with Crippen molar-refractivity contribution in [2.24, 2.45) is 0 Å². The summed E-state index contributed by atoms with van der Waals surface area (Å²) in [6.07, 6.45) is 0. The molecule has 80 valence electrons. The Balaban J connectivity index is 2.52. The lowest BCUT2D eigenvalue weighted by atomic mass is 10.2. The van der Waals surface area contributed by atoms with Gasteiger partial charge in [0.1, 0.15) is 6.61 Å². The normalized spacial score (nSPS) is 11.9. The molecule has 0 heterocycles. The molecule has 3 nitrogen and oxygen atoms in total. The molecule has 0 saturated carbocycles. The molecular formula is C12H14O3. The van der Waals surface area contributed by atoms with Crippen molar-refractivity contribution < 1.29 is 14.6 Å². The van der Waals surface area contributed by atoms with E-state index in [1.165, 1.54) is 13.8 Å². The fourth-order valence-corrected chi connectivity index (χ4v) is 0.979. The van der Waals surface area contributed by atoms with Crippen LogP contribution < -0.4 is 0 Å². The van der Waals surface area contributed by atoms with Gasteiger partial charge in [0.25, 0.3) is 0 Å². The van der Waals surface area contributed by atoms with Gasteiger partial charge in [-0.25, -0.2) is 4.79 Å². The summed E-state index contributed by atoms with van der Waals surface area (Å²) in [4.78, 5) is 11.3. The van der Waals surface area contributed by atoms with Crippen LogP contribution in [0.1, 0.15) is 19.4 Å². The molecule has 0 saturated heterocycles. The van der Waals surface area contributed by atoms with Gasteiger partial charge < -0.3 is 9.84 Å². The molecule has 0 atom stereocenters. The SMILES string of the molecule is C/C(O)=C(\C)C(=O)OCc1ccccc1. The summed E-state index contributed by atoms with van der Waals surface area (Å²) in [5.41, 5.74) is 1.17. The number of allylic oxidation sites excluding steroid dienone is 1. The topological polar surface area (TPSA) is 46.5 Å². The van der Waals surface area contributed by atoms with Crippen molar-refractivity contribution in [2.45, 2.75) is 20.5 Å². The van der Waals surface area contributed by atoms with Crippen molar-refractivity contribution in [3.05, 3.63) is 47.2 Å². The second-order valence-corrected chi connectivity index (χ2v) is 3.27. The van der Waals surface area contributed by atoms with Gasteiger partial charge in [-0.3, -0.25) is 0 Å². The van der Waals surface area contributed by atoms with Gasteiger partial charge in [-0.1, -0.05) is 30.3 Å². The molecule has 0 amide bonds. The van der Waals surface area contributed by atoms with E-state index in [-0.39, 0.29) is 17.9 Å². The first kappa shape index (κ1) is 11.3. The van der Waals surface area contributed by atoms with E-state index in [9.17, 15) is 4.79 Å². The van der Waals surface area contributed by atoms with E-state index in [0.717, 1.165) is 5.56 Å². The molecule has 1 rings (SSSR count). The highest BCUT2D eigenvalue weighted by Crippen LogP contribution is 2.06. The van der Waals surface area contributed by atoms with Crippen LogP contribution in [0.15, 0.2) is 41.7 Å². The Kier molecular flexibility index (Phi) is 3.92. The van der Waals surface area contributed by atoms with Crippen LogP contribution in [0, 0.1) is 0 Å². The van der Waals surface area contributed by atoms with E-state index in [0.29, 0.717) is 0 Å². The van der Waals surface area contributed by atoms with E-state index < -0.39 is 5.97 Å². The minimum Gasteiger partial charge on any atom is -0.512 e. The van der Waals surface area contributed by atoms with Crippen LogP contribution in [0.25, 0.3) is 0 Å². The first-order valence-corrected chi connectivity index (χ1v) is 4.68. The number of hydrogen-bond donors (Lipinski definition) is 1. The summed E-state index contributed by atoms with van der Waals surface area (Å²) < 4.78 is 4.99. The lowest BCUT2D eigenvalue weighted by Crippen LogP contribution is -2.07. The number of ether oxygens (including phenoxy) is 1. The average molecular weight is 206 g/mol. The Morgan fingerprint density at radius 1 is 1.27 bits per heavy atom. The van der Waals surface area contributed by atoms with Crippen molar-refractivity contribution >= 4 is 5.97 Å². The van der Waals surface area contributed by atoms with Gasteiger partial charge in [0.05, 0.1) is 11.3 Å². The van der Waals surface area contributed by atoms with Crippen LogP contribution in [0.2, 0.25) is 0 Å². The Bertz CT molecular complexity index is 362. The van der Waals surface area contributed by atoms with Gasteiger partial charge in [0, 0.05) is 0 Å². The number of aliphatic hydroxyl groups is 1. The third kappa shape index (κ3) is 3.46. The van der Waals surface area contributed by atoms with Gasteiger partial charge in [-0.05, 0) is 19.4 Å². The third-order valence-electron chi connectivity index (χ3n) is 2.06. The quantitative estimate of drug-likeness (QED) is 0.469. The maximum Gasteiger partial charge on any atom is 0.337 e. The fourth-order valence-electron chi connectivity index (χ4n) is 0.979. The molecule has 3 heteroatoms. The third-order valence-corrected chi connectivity index (χ3v) is 2.06. The van der Waals surface area contributed by atoms with E-state index in [1.54, 1.807) is 0 Å². The zero-order chi connectivity index (χ0) is 11.3. The van der Waals surface area contributed by atoms with Crippen molar-refractivity contribution in [3.8, 4) is 0 Å². The molecule has 0 aliphatic rings. The van der Waals surface area contributed by atoms with Crippen LogP contribution >= 0.6 is 0 Å². The molecule has 0 radical (unpaired) electrons. The smallest absolute Gasteiger partial charge is 0.337 e. The number of carbonyl (C=O) groups excluding carboxylic acids is 1. The maximum absolute atomic E-state index is 11.3. The molecule has 1 aromatic rings. The maximum atomic E-state index is 11.3. The van der Waals surface area contributed by atoms with Gasteiger partial charge in [0.15, 0.2) is 0 Å². The predicted molar refractivity (Wildman–Crippen MR) is 57.2 cm³/mol. The lowest BCUT2D eigenvalue weighted by molar-refractivity contribution is -0.140. The molecule has 0 unspecified atom stereocenters. The molecule has 0 bridgehead atoms. The number of carbonyl (C=O) groups is 1. The molecule has 0 aliphatic heterocycles. The van der Waals surface area contributed by atoms with E-state index in [4.69, 9.17) is 9.84 Å². The summed E-state index contributed by atoms with van der Waals surface area (Å²) in [6, 6.07) is 9.40. The zero-order valence-electron chi connectivity index (χ0n) is 8.86. The monoisotopic (exact) mass is 206 g/mol.